The Balaban J connectivity index is 2.13. The largest absolute Gasteiger partial charge is 0.387 e. The SMILES string of the molecule is CNc1ccncc1C(=O)N1CCC(C)(C)CC1. The number of pyridine rings is 1. The van der Waals surface area contributed by atoms with E-state index in [1.165, 1.54) is 0 Å². The first-order chi connectivity index (χ1) is 8.53. The number of aromatic nitrogens is 1. The summed E-state index contributed by atoms with van der Waals surface area (Å²) in [5.74, 6) is 0.0861. The predicted molar refractivity (Wildman–Crippen MR) is 72.7 cm³/mol. The lowest BCUT2D eigenvalue weighted by Gasteiger charge is -2.37. The van der Waals surface area contributed by atoms with Crippen molar-refractivity contribution in [2.24, 2.45) is 5.41 Å². The third-order valence-corrected chi connectivity index (χ3v) is 3.73. The summed E-state index contributed by atoms with van der Waals surface area (Å²) < 4.78 is 0. The number of hydrogen-bond acceptors (Lipinski definition) is 3. The number of amides is 1. The highest BCUT2D eigenvalue weighted by Crippen LogP contribution is 2.30. The van der Waals surface area contributed by atoms with Gasteiger partial charge in [0.15, 0.2) is 0 Å². The molecule has 1 aliphatic heterocycles. The zero-order valence-corrected chi connectivity index (χ0v) is 11.4. The Kier molecular flexibility index (Phi) is 3.55. The number of nitrogens with zero attached hydrogens (tertiary/aromatic N) is 2. The van der Waals surface area contributed by atoms with Crippen molar-refractivity contribution in [1.82, 2.24) is 9.88 Å². The van der Waals surface area contributed by atoms with E-state index in [1.807, 2.05) is 18.0 Å². The third-order valence-electron chi connectivity index (χ3n) is 3.73. The van der Waals surface area contributed by atoms with Gasteiger partial charge in [-0.05, 0) is 24.3 Å². The van der Waals surface area contributed by atoms with Crippen molar-refractivity contribution in [1.29, 1.82) is 0 Å². The first-order valence-corrected chi connectivity index (χ1v) is 6.44. The average molecular weight is 247 g/mol. The van der Waals surface area contributed by atoms with Crippen molar-refractivity contribution in [2.45, 2.75) is 26.7 Å². The van der Waals surface area contributed by atoms with E-state index in [0.29, 0.717) is 11.0 Å². The minimum Gasteiger partial charge on any atom is -0.387 e. The molecule has 0 radical (unpaired) electrons. The van der Waals surface area contributed by atoms with E-state index in [2.05, 4.69) is 24.1 Å². The van der Waals surface area contributed by atoms with Crippen LogP contribution in [0.5, 0.6) is 0 Å². The Morgan fingerprint density at radius 2 is 2.06 bits per heavy atom. The zero-order chi connectivity index (χ0) is 13.2. The molecule has 18 heavy (non-hydrogen) atoms. The minimum absolute atomic E-state index is 0.0861. The van der Waals surface area contributed by atoms with E-state index >= 15 is 0 Å². The van der Waals surface area contributed by atoms with Gasteiger partial charge >= 0.3 is 0 Å². The van der Waals surface area contributed by atoms with Gasteiger partial charge in [0, 0.05) is 38.2 Å². The lowest BCUT2D eigenvalue weighted by Crippen LogP contribution is -2.41. The Labute approximate surface area is 108 Å². The van der Waals surface area contributed by atoms with Gasteiger partial charge in [-0.2, -0.15) is 0 Å². The van der Waals surface area contributed by atoms with Gasteiger partial charge in [-0.25, -0.2) is 0 Å². The number of rotatable bonds is 2. The molecule has 1 aromatic rings. The van der Waals surface area contributed by atoms with Crippen LogP contribution in [0.3, 0.4) is 0 Å². The van der Waals surface area contributed by atoms with E-state index in [1.54, 1.807) is 12.4 Å². The second-order valence-corrected chi connectivity index (χ2v) is 5.63. The second kappa shape index (κ2) is 4.96. The Bertz CT molecular complexity index is 432. The van der Waals surface area contributed by atoms with Gasteiger partial charge in [0.2, 0.25) is 0 Å². The molecule has 0 aliphatic carbocycles. The molecular weight excluding hydrogens is 226 g/mol. The van der Waals surface area contributed by atoms with Crippen LogP contribution < -0.4 is 5.32 Å². The number of carbonyl (C=O) groups excluding carboxylic acids is 1. The van der Waals surface area contributed by atoms with Crippen LogP contribution >= 0.6 is 0 Å². The molecule has 0 spiro atoms. The quantitative estimate of drug-likeness (QED) is 0.872. The highest BCUT2D eigenvalue weighted by Gasteiger charge is 2.29. The minimum atomic E-state index is 0.0861. The van der Waals surface area contributed by atoms with Crippen molar-refractivity contribution in [3.8, 4) is 0 Å². The summed E-state index contributed by atoms with van der Waals surface area (Å²) in [4.78, 5) is 18.4. The second-order valence-electron chi connectivity index (χ2n) is 5.63. The molecule has 4 nitrogen and oxygen atoms in total. The lowest BCUT2D eigenvalue weighted by atomic mass is 9.82. The van der Waals surface area contributed by atoms with Gasteiger partial charge in [0.1, 0.15) is 0 Å². The predicted octanol–water partition coefficient (Wildman–Crippen LogP) is 2.39. The van der Waals surface area contributed by atoms with E-state index in [4.69, 9.17) is 0 Å². The maximum absolute atomic E-state index is 12.4. The first-order valence-electron chi connectivity index (χ1n) is 6.44. The van der Waals surface area contributed by atoms with E-state index in [0.717, 1.165) is 31.6 Å². The molecule has 1 N–H and O–H groups in total. The molecule has 0 atom stereocenters. The maximum atomic E-state index is 12.4. The molecular formula is C14H21N3O. The van der Waals surface area contributed by atoms with Crippen molar-refractivity contribution < 1.29 is 4.79 Å². The van der Waals surface area contributed by atoms with E-state index in [9.17, 15) is 4.79 Å². The fraction of sp³-hybridized carbons (Fsp3) is 0.571. The molecule has 2 rings (SSSR count). The molecule has 1 aliphatic rings. The van der Waals surface area contributed by atoms with Gasteiger partial charge < -0.3 is 10.2 Å². The third kappa shape index (κ3) is 2.63. The Hall–Kier alpha value is -1.58. The van der Waals surface area contributed by atoms with Gasteiger partial charge in [-0.3, -0.25) is 9.78 Å². The van der Waals surface area contributed by atoms with Crippen LogP contribution in [0.4, 0.5) is 5.69 Å². The van der Waals surface area contributed by atoms with Gasteiger partial charge in [-0.15, -0.1) is 0 Å². The molecule has 4 heteroatoms. The zero-order valence-electron chi connectivity index (χ0n) is 11.4. The monoisotopic (exact) mass is 247 g/mol. The van der Waals surface area contributed by atoms with Crippen molar-refractivity contribution in [3.05, 3.63) is 24.0 Å². The van der Waals surface area contributed by atoms with Crippen LogP contribution in [-0.2, 0) is 0 Å². The molecule has 0 saturated carbocycles. The lowest BCUT2D eigenvalue weighted by molar-refractivity contribution is 0.0631. The Morgan fingerprint density at radius 3 is 2.67 bits per heavy atom. The molecule has 1 fully saturated rings. The molecule has 1 amide bonds. The maximum Gasteiger partial charge on any atom is 0.257 e. The fourth-order valence-corrected chi connectivity index (χ4v) is 2.27. The summed E-state index contributed by atoms with van der Waals surface area (Å²) in [6.07, 6.45) is 5.47. The highest BCUT2D eigenvalue weighted by atomic mass is 16.2. The number of anilines is 1. The van der Waals surface area contributed by atoms with Crippen molar-refractivity contribution in [3.63, 3.8) is 0 Å². The molecule has 2 heterocycles. The summed E-state index contributed by atoms with van der Waals surface area (Å²) in [5.41, 5.74) is 1.87. The van der Waals surface area contributed by atoms with Crippen molar-refractivity contribution in [2.75, 3.05) is 25.5 Å². The highest BCUT2D eigenvalue weighted by molar-refractivity contribution is 5.99. The first kappa shape index (κ1) is 12.9. The standard InChI is InChI=1S/C14H21N3O/c1-14(2)5-8-17(9-6-14)13(18)11-10-16-7-4-12(11)15-3/h4,7,10H,5-6,8-9H2,1-3H3,(H,15,16). The molecule has 1 aromatic heterocycles. The van der Waals surface area contributed by atoms with Gasteiger partial charge in [0.05, 0.1) is 5.56 Å². The smallest absolute Gasteiger partial charge is 0.257 e. The van der Waals surface area contributed by atoms with Gasteiger partial charge in [-0.1, -0.05) is 13.8 Å². The Morgan fingerprint density at radius 1 is 1.39 bits per heavy atom. The van der Waals surface area contributed by atoms with Crippen LogP contribution in [0.15, 0.2) is 18.5 Å². The number of carbonyl (C=O) groups is 1. The molecule has 0 unspecified atom stereocenters. The van der Waals surface area contributed by atoms with Crippen LogP contribution in [0.25, 0.3) is 0 Å². The van der Waals surface area contributed by atoms with Crippen LogP contribution in [0.1, 0.15) is 37.0 Å². The summed E-state index contributed by atoms with van der Waals surface area (Å²) >= 11 is 0. The summed E-state index contributed by atoms with van der Waals surface area (Å²) in [5, 5.41) is 3.04. The van der Waals surface area contributed by atoms with Crippen LogP contribution in [-0.4, -0.2) is 35.9 Å². The van der Waals surface area contributed by atoms with E-state index in [-0.39, 0.29) is 5.91 Å². The average Bonchev–Trinajstić information content (AvgIpc) is 2.38. The van der Waals surface area contributed by atoms with Crippen LogP contribution in [0.2, 0.25) is 0 Å². The topological polar surface area (TPSA) is 45.2 Å². The summed E-state index contributed by atoms with van der Waals surface area (Å²) in [7, 11) is 1.82. The molecule has 0 aromatic carbocycles. The number of hydrogen-bond donors (Lipinski definition) is 1. The van der Waals surface area contributed by atoms with Gasteiger partial charge in [0.25, 0.3) is 5.91 Å². The summed E-state index contributed by atoms with van der Waals surface area (Å²) in [6, 6.07) is 1.83. The van der Waals surface area contributed by atoms with Crippen molar-refractivity contribution >= 4 is 11.6 Å². The van der Waals surface area contributed by atoms with Crippen LogP contribution in [0, 0.1) is 5.41 Å². The molecule has 98 valence electrons. The molecule has 1 saturated heterocycles. The number of likely N-dealkylation sites (tertiary alicyclic amines) is 1. The fourth-order valence-electron chi connectivity index (χ4n) is 2.27. The molecule has 0 bridgehead atoms. The normalized spacial score (nSPS) is 18.5. The number of nitrogens with one attached hydrogen (secondary N) is 1. The number of piperidine rings is 1. The van der Waals surface area contributed by atoms with E-state index < -0.39 is 0 Å². The summed E-state index contributed by atoms with van der Waals surface area (Å²) in [6.45, 7) is 6.20.